The fraction of sp³-hybridized carbons (Fsp3) is 0.576. The molecule has 6 rings (SSSR count). The van der Waals surface area contributed by atoms with Gasteiger partial charge in [0, 0.05) is 55.3 Å². The quantitative estimate of drug-likeness (QED) is 0.398. The van der Waals surface area contributed by atoms with Crippen LogP contribution in [-0.4, -0.2) is 67.4 Å². The Morgan fingerprint density at radius 1 is 1.00 bits per heavy atom. The first-order valence-electron chi connectivity index (χ1n) is 15.5. The van der Waals surface area contributed by atoms with Gasteiger partial charge in [0.1, 0.15) is 11.6 Å². The van der Waals surface area contributed by atoms with Gasteiger partial charge in [-0.15, -0.1) is 0 Å². The van der Waals surface area contributed by atoms with E-state index < -0.39 is 17.6 Å². The number of alkyl halides is 3. The molecule has 4 atom stereocenters. The number of carboxylic acids is 1. The van der Waals surface area contributed by atoms with Crippen LogP contribution in [0.15, 0.2) is 42.5 Å². The first kappa shape index (κ1) is 32.2. The second kappa shape index (κ2) is 13.4. The number of aliphatic carboxylic acids is 1. The van der Waals surface area contributed by atoms with Crippen molar-refractivity contribution in [3.63, 3.8) is 0 Å². The Balaban J connectivity index is 0.000000493. The monoisotopic (exact) mass is 619 g/mol. The normalized spacial score (nSPS) is 27.3. The van der Waals surface area contributed by atoms with E-state index in [9.17, 15) is 18.0 Å². The Bertz CT molecular complexity index is 1320. The molecular formula is C33H41F4N3O4. The topological polar surface area (TPSA) is 90.9 Å². The van der Waals surface area contributed by atoms with E-state index >= 15 is 4.39 Å². The second-order valence-corrected chi connectivity index (χ2v) is 12.5. The number of nitrogens with one attached hydrogen (secondary N) is 2. The van der Waals surface area contributed by atoms with Crippen LogP contribution in [-0.2, 0) is 21.5 Å². The van der Waals surface area contributed by atoms with Crippen molar-refractivity contribution in [2.45, 2.75) is 75.0 Å². The van der Waals surface area contributed by atoms with Crippen LogP contribution in [0, 0.1) is 17.7 Å². The number of carbonyl (C=O) groups excluding carboxylic acids is 1. The van der Waals surface area contributed by atoms with E-state index in [0.29, 0.717) is 49.3 Å². The number of likely N-dealkylation sites (tertiary alicyclic amines) is 1. The summed E-state index contributed by atoms with van der Waals surface area (Å²) in [5, 5.41) is 14.1. The van der Waals surface area contributed by atoms with E-state index in [1.807, 2.05) is 0 Å². The number of fused-ring (bicyclic) bond motifs is 2. The van der Waals surface area contributed by atoms with Gasteiger partial charge in [0.2, 0.25) is 5.91 Å². The lowest BCUT2D eigenvalue weighted by Gasteiger charge is -2.48. The van der Waals surface area contributed by atoms with Crippen molar-refractivity contribution >= 4 is 11.9 Å². The predicted molar refractivity (Wildman–Crippen MR) is 157 cm³/mol. The van der Waals surface area contributed by atoms with Crippen LogP contribution in [0.5, 0.6) is 5.75 Å². The van der Waals surface area contributed by atoms with Gasteiger partial charge in [-0.2, -0.15) is 13.2 Å². The number of ether oxygens (including phenoxy) is 1. The third-order valence-electron chi connectivity index (χ3n) is 10.1. The van der Waals surface area contributed by atoms with Gasteiger partial charge in [0.25, 0.3) is 0 Å². The van der Waals surface area contributed by atoms with Crippen molar-refractivity contribution in [3.8, 4) is 5.75 Å². The summed E-state index contributed by atoms with van der Waals surface area (Å²) in [7, 11) is 1.63. The molecule has 0 unspecified atom stereocenters. The summed E-state index contributed by atoms with van der Waals surface area (Å²) in [4.78, 5) is 25.7. The molecule has 240 valence electrons. The fourth-order valence-electron chi connectivity index (χ4n) is 8.00. The van der Waals surface area contributed by atoms with E-state index in [4.69, 9.17) is 14.6 Å². The zero-order valence-electron chi connectivity index (χ0n) is 25.0. The summed E-state index contributed by atoms with van der Waals surface area (Å²) in [5.74, 6) is -1.30. The lowest BCUT2D eigenvalue weighted by Crippen LogP contribution is -2.57. The standard InChI is InChI=1S/C31H40FN3O2.C2HF3O2/c1-37-28-13-12-26(32)29-24(28)17-33-19-31(29)20-34-18-25(31)30(36)35-15-14-23(21-8-4-2-5-9-21)16-27(35)22-10-6-3-7-11-22;3-2(4,5)1(6)7/h2,4-5,8-9,12-13,22-23,25,27,33-34H,3,6-7,10-11,14-20H2,1H3;(H,6,7)/t23-,25+,27+,31-;/m1./s1. The van der Waals surface area contributed by atoms with Crippen molar-refractivity contribution < 1.29 is 37.0 Å². The Kier molecular flexibility index (Phi) is 9.84. The number of rotatable bonds is 4. The van der Waals surface area contributed by atoms with Crippen molar-refractivity contribution in [2.24, 2.45) is 11.8 Å². The molecule has 2 aromatic carbocycles. The van der Waals surface area contributed by atoms with Gasteiger partial charge >= 0.3 is 12.1 Å². The largest absolute Gasteiger partial charge is 0.496 e. The summed E-state index contributed by atoms with van der Waals surface area (Å²) >= 11 is 0. The van der Waals surface area contributed by atoms with E-state index in [0.717, 1.165) is 24.9 Å². The van der Waals surface area contributed by atoms with Crippen LogP contribution in [0.1, 0.15) is 67.6 Å². The van der Waals surface area contributed by atoms with Crippen molar-refractivity contribution in [3.05, 3.63) is 65.0 Å². The molecule has 3 aliphatic heterocycles. The van der Waals surface area contributed by atoms with E-state index in [1.54, 1.807) is 13.2 Å². The molecule has 3 heterocycles. The lowest BCUT2D eigenvalue weighted by atomic mass is 9.67. The number of methoxy groups -OCH3 is 1. The van der Waals surface area contributed by atoms with Crippen molar-refractivity contribution in [1.82, 2.24) is 15.5 Å². The van der Waals surface area contributed by atoms with Gasteiger partial charge in [-0.1, -0.05) is 49.6 Å². The number of amides is 1. The SMILES string of the molecule is COc1ccc(F)c2c1CNC[C@]21CNC[C@H]1C(=O)N1CC[C@@H](c2ccccc2)C[C@H]1C1CCCCC1.O=C(O)C(F)(F)F. The summed E-state index contributed by atoms with van der Waals surface area (Å²) in [6.45, 7) is 3.13. The van der Waals surface area contributed by atoms with E-state index in [-0.39, 0.29) is 23.7 Å². The molecule has 0 aromatic heterocycles. The maximum atomic E-state index is 15.5. The highest BCUT2D eigenvalue weighted by Gasteiger charge is 2.54. The van der Waals surface area contributed by atoms with Crippen LogP contribution >= 0.6 is 0 Å². The molecule has 2 aromatic rings. The van der Waals surface area contributed by atoms with Gasteiger partial charge in [-0.3, -0.25) is 4.79 Å². The number of piperidine rings is 1. The average molecular weight is 620 g/mol. The molecule has 1 spiro atoms. The molecule has 7 nitrogen and oxygen atoms in total. The highest BCUT2D eigenvalue weighted by Crippen LogP contribution is 2.46. The van der Waals surface area contributed by atoms with Gasteiger partial charge in [-0.05, 0) is 55.2 Å². The smallest absolute Gasteiger partial charge is 0.490 e. The number of hydrogen-bond donors (Lipinski definition) is 3. The lowest BCUT2D eigenvalue weighted by molar-refractivity contribution is -0.192. The van der Waals surface area contributed by atoms with Crippen LogP contribution in [0.3, 0.4) is 0 Å². The molecule has 3 fully saturated rings. The maximum absolute atomic E-state index is 15.5. The molecule has 3 N–H and O–H groups in total. The minimum absolute atomic E-state index is 0.212. The van der Waals surface area contributed by atoms with Gasteiger partial charge in [0.15, 0.2) is 0 Å². The fourth-order valence-corrected chi connectivity index (χ4v) is 8.00. The molecule has 11 heteroatoms. The Morgan fingerprint density at radius 3 is 2.34 bits per heavy atom. The average Bonchev–Trinajstić information content (AvgIpc) is 3.44. The first-order valence-corrected chi connectivity index (χ1v) is 15.5. The maximum Gasteiger partial charge on any atom is 0.490 e. The van der Waals surface area contributed by atoms with Gasteiger partial charge in [-0.25, -0.2) is 9.18 Å². The predicted octanol–water partition coefficient (Wildman–Crippen LogP) is 5.38. The molecule has 1 amide bonds. The highest BCUT2D eigenvalue weighted by molar-refractivity contribution is 5.82. The molecule has 1 aliphatic carbocycles. The minimum atomic E-state index is -5.08. The van der Waals surface area contributed by atoms with Crippen LogP contribution < -0.4 is 15.4 Å². The van der Waals surface area contributed by atoms with Crippen molar-refractivity contribution in [1.29, 1.82) is 0 Å². The second-order valence-electron chi connectivity index (χ2n) is 12.5. The van der Waals surface area contributed by atoms with Crippen LogP contribution in [0.25, 0.3) is 0 Å². The molecule has 0 bridgehead atoms. The van der Waals surface area contributed by atoms with E-state index in [1.165, 1.54) is 43.7 Å². The summed E-state index contributed by atoms with van der Waals surface area (Å²) in [6.07, 6.45) is 3.18. The zero-order valence-corrected chi connectivity index (χ0v) is 25.0. The molecule has 4 aliphatic rings. The number of halogens is 4. The summed E-state index contributed by atoms with van der Waals surface area (Å²) in [5.41, 5.74) is 2.34. The number of carbonyl (C=O) groups is 2. The molecule has 1 saturated carbocycles. The van der Waals surface area contributed by atoms with E-state index in [2.05, 4.69) is 45.9 Å². The summed E-state index contributed by atoms with van der Waals surface area (Å²) in [6, 6.07) is 14.3. The molecule has 0 radical (unpaired) electrons. The molecular weight excluding hydrogens is 578 g/mol. The van der Waals surface area contributed by atoms with Crippen LogP contribution in [0.4, 0.5) is 17.6 Å². The Hall–Kier alpha value is -3.18. The molecule has 44 heavy (non-hydrogen) atoms. The summed E-state index contributed by atoms with van der Waals surface area (Å²) < 4.78 is 52.9. The molecule has 2 saturated heterocycles. The third-order valence-corrected chi connectivity index (χ3v) is 10.1. The highest BCUT2D eigenvalue weighted by atomic mass is 19.4. The van der Waals surface area contributed by atoms with Crippen molar-refractivity contribution in [2.75, 3.05) is 33.3 Å². The number of nitrogens with zero attached hydrogens (tertiary/aromatic N) is 1. The number of hydrogen-bond acceptors (Lipinski definition) is 5. The van der Waals surface area contributed by atoms with Gasteiger partial charge in [0.05, 0.1) is 13.0 Å². The third kappa shape index (κ3) is 6.44. The Morgan fingerprint density at radius 2 is 1.68 bits per heavy atom. The first-order chi connectivity index (χ1) is 21.1. The minimum Gasteiger partial charge on any atom is -0.496 e. The number of carboxylic acid groups (broad SMARTS) is 1. The number of benzene rings is 2. The zero-order chi connectivity index (χ0) is 31.5. The Labute approximate surface area is 255 Å². The van der Waals surface area contributed by atoms with Gasteiger partial charge < -0.3 is 25.4 Å². The van der Waals surface area contributed by atoms with Crippen LogP contribution in [0.2, 0.25) is 0 Å².